The Morgan fingerprint density at radius 1 is 1.22 bits per heavy atom. The summed E-state index contributed by atoms with van der Waals surface area (Å²) in [6, 6.07) is 7.77. The van der Waals surface area contributed by atoms with Crippen molar-refractivity contribution < 1.29 is 18.3 Å². The van der Waals surface area contributed by atoms with Crippen molar-refractivity contribution in [3.8, 4) is 5.88 Å². The minimum absolute atomic E-state index is 0.0494. The van der Waals surface area contributed by atoms with Gasteiger partial charge in [0.05, 0.1) is 17.0 Å². The van der Waals surface area contributed by atoms with Crippen molar-refractivity contribution in [1.29, 1.82) is 0 Å². The van der Waals surface area contributed by atoms with Crippen LogP contribution in [0.1, 0.15) is 6.42 Å². The number of aromatic nitrogens is 2. The molecule has 1 amide bonds. The number of pyridine rings is 1. The number of carbonyl (C=O) groups is 1. The molecule has 0 saturated carbocycles. The summed E-state index contributed by atoms with van der Waals surface area (Å²) in [5.41, 5.74) is 0.917. The maximum Gasteiger partial charge on any atom is 0.285 e. The number of halogens is 1. The Balaban J connectivity index is 1.83. The Bertz CT molecular complexity index is 1220. The molecular formula is C20H23ClN6O4S. The van der Waals surface area contributed by atoms with Gasteiger partial charge < -0.3 is 15.0 Å². The van der Waals surface area contributed by atoms with Gasteiger partial charge in [-0.05, 0) is 57.4 Å². The van der Waals surface area contributed by atoms with Crippen molar-refractivity contribution in [1.82, 2.24) is 14.9 Å². The van der Waals surface area contributed by atoms with Gasteiger partial charge in [0.15, 0.2) is 5.69 Å². The number of carbonyl (C=O) groups excluding carboxylic acids is 1. The normalized spacial score (nSPS) is 12.1. The summed E-state index contributed by atoms with van der Waals surface area (Å²) in [5.74, 6) is -1.21. The van der Waals surface area contributed by atoms with E-state index in [0.717, 1.165) is 4.31 Å². The minimum atomic E-state index is -3.82. The van der Waals surface area contributed by atoms with Crippen LogP contribution >= 0.6 is 11.6 Å². The SMILES string of the molecule is CN(C)CCCS(=O)(=O)N(CC(=O)N=Nc1c(O)[nH]c2ccncc12)c1ccc(Cl)cc1. The van der Waals surface area contributed by atoms with E-state index in [1.54, 1.807) is 18.2 Å². The van der Waals surface area contributed by atoms with Gasteiger partial charge in [-0.3, -0.25) is 14.1 Å². The first-order valence-corrected chi connectivity index (χ1v) is 11.7. The lowest BCUT2D eigenvalue weighted by Gasteiger charge is -2.23. The molecule has 0 fully saturated rings. The molecule has 0 atom stereocenters. The van der Waals surface area contributed by atoms with Gasteiger partial charge >= 0.3 is 0 Å². The first kappa shape index (κ1) is 23.6. The fourth-order valence-corrected chi connectivity index (χ4v) is 4.59. The molecule has 170 valence electrons. The number of hydrogen-bond acceptors (Lipinski definition) is 7. The number of fused-ring (bicyclic) bond motifs is 1. The van der Waals surface area contributed by atoms with Crippen LogP contribution in [0.4, 0.5) is 11.4 Å². The zero-order chi connectivity index (χ0) is 23.3. The number of amides is 1. The van der Waals surface area contributed by atoms with Crippen LogP contribution in [0, 0.1) is 0 Å². The molecule has 0 radical (unpaired) electrons. The lowest BCUT2D eigenvalue weighted by molar-refractivity contribution is -0.116. The van der Waals surface area contributed by atoms with Crippen LogP contribution in [0.25, 0.3) is 10.9 Å². The molecule has 0 aliphatic heterocycles. The number of nitrogens with zero attached hydrogens (tertiary/aromatic N) is 5. The molecule has 32 heavy (non-hydrogen) atoms. The van der Waals surface area contributed by atoms with E-state index < -0.39 is 22.5 Å². The lowest BCUT2D eigenvalue weighted by atomic mass is 10.3. The topological polar surface area (TPSA) is 131 Å². The van der Waals surface area contributed by atoms with E-state index >= 15 is 0 Å². The molecule has 2 aromatic heterocycles. The molecule has 12 heteroatoms. The number of hydrogen-bond donors (Lipinski definition) is 2. The molecule has 3 rings (SSSR count). The van der Waals surface area contributed by atoms with E-state index in [1.165, 1.54) is 24.5 Å². The summed E-state index contributed by atoms with van der Waals surface area (Å²) in [4.78, 5) is 21.1. The largest absolute Gasteiger partial charge is 0.493 e. The van der Waals surface area contributed by atoms with Gasteiger partial charge in [0, 0.05) is 22.8 Å². The number of H-pyrrole nitrogens is 1. The van der Waals surface area contributed by atoms with Crippen molar-refractivity contribution in [2.24, 2.45) is 10.2 Å². The zero-order valence-corrected chi connectivity index (χ0v) is 19.1. The maximum absolute atomic E-state index is 13.0. The number of sulfonamides is 1. The zero-order valence-electron chi connectivity index (χ0n) is 17.6. The van der Waals surface area contributed by atoms with E-state index in [-0.39, 0.29) is 17.3 Å². The van der Waals surface area contributed by atoms with Crippen molar-refractivity contribution in [3.63, 3.8) is 0 Å². The molecule has 0 saturated heterocycles. The van der Waals surface area contributed by atoms with Gasteiger partial charge in [-0.1, -0.05) is 11.6 Å². The van der Waals surface area contributed by atoms with E-state index in [2.05, 4.69) is 20.2 Å². The predicted molar refractivity (Wildman–Crippen MR) is 123 cm³/mol. The second kappa shape index (κ2) is 10.1. The summed E-state index contributed by atoms with van der Waals surface area (Å²) in [6.07, 6.45) is 3.40. The summed E-state index contributed by atoms with van der Waals surface area (Å²) >= 11 is 5.92. The number of rotatable bonds is 9. The summed E-state index contributed by atoms with van der Waals surface area (Å²) < 4.78 is 27.0. The Morgan fingerprint density at radius 2 is 1.94 bits per heavy atom. The van der Waals surface area contributed by atoms with Gasteiger partial charge in [-0.25, -0.2) is 8.42 Å². The van der Waals surface area contributed by atoms with Crippen LogP contribution in [0.2, 0.25) is 5.02 Å². The minimum Gasteiger partial charge on any atom is -0.493 e. The number of anilines is 1. The molecule has 0 aliphatic rings. The Morgan fingerprint density at radius 3 is 2.62 bits per heavy atom. The highest BCUT2D eigenvalue weighted by molar-refractivity contribution is 7.92. The highest BCUT2D eigenvalue weighted by Crippen LogP contribution is 2.34. The van der Waals surface area contributed by atoms with Crippen molar-refractivity contribution >= 4 is 49.8 Å². The monoisotopic (exact) mass is 478 g/mol. The second-order valence-electron chi connectivity index (χ2n) is 7.29. The molecule has 0 unspecified atom stereocenters. The molecule has 3 aromatic rings. The van der Waals surface area contributed by atoms with Crippen LogP contribution in [0.3, 0.4) is 0 Å². The molecule has 2 heterocycles. The van der Waals surface area contributed by atoms with Crippen LogP contribution in [-0.2, 0) is 14.8 Å². The van der Waals surface area contributed by atoms with Gasteiger partial charge in [-0.2, -0.15) is 0 Å². The molecular weight excluding hydrogens is 456 g/mol. The van der Waals surface area contributed by atoms with Crippen LogP contribution in [0.5, 0.6) is 5.88 Å². The van der Waals surface area contributed by atoms with E-state index in [9.17, 15) is 18.3 Å². The average molecular weight is 479 g/mol. The van der Waals surface area contributed by atoms with Crippen molar-refractivity contribution in [2.45, 2.75) is 6.42 Å². The first-order valence-electron chi connectivity index (χ1n) is 9.67. The number of aromatic hydroxyl groups is 1. The van der Waals surface area contributed by atoms with Gasteiger partial charge in [0.1, 0.15) is 6.54 Å². The molecule has 0 aliphatic carbocycles. The second-order valence-corrected chi connectivity index (χ2v) is 9.74. The lowest BCUT2D eigenvalue weighted by Crippen LogP contribution is -2.37. The fourth-order valence-electron chi connectivity index (χ4n) is 3.00. The van der Waals surface area contributed by atoms with Crippen LogP contribution < -0.4 is 4.31 Å². The van der Waals surface area contributed by atoms with Gasteiger partial charge in [0.2, 0.25) is 15.9 Å². The van der Waals surface area contributed by atoms with Crippen molar-refractivity contribution in [3.05, 3.63) is 47.7 Å². The molecule has 1 aromatic carbocycles. The number of azo groups is 1. The molecule has 10 nitrogen and oxygen atoms in total. The van der Waals surface area contributed by atoms with E-state index in [4.69, 9.17) is 11.6 Å². The van der Waals surface area contributed by atoms with Gasteiger partial charge in [0.25, 0.3) is 5.91 Å². The quantitative estimate of drug-likeness (QED) is 0.453. The first-order chi connectivity index (χ1) is 15.2. The summed E-state index contributed by atoms with van der Waals surface area (Å²) in [7, 11) is -0.118. The van der Waals surface area contributed by atoms with E-state index in [0.29, 0.717) is 34.6 Å². The van der Waals surface area contributed by atoms with Crippen LogP contribution in [0.15, 0.2) is 53.0 Å². The number of nitrogens with one attached hydrogen (secondary N) is 1. The van der Waals surface area contributed by atoms with Gasteiger partial charge in [-0.15, -0.1) is 10.2 Å². The smallest absolute Gasteiger partial charge is 0.285 e. The fraction of sp³-hybridized carbons (Fsp3) is 0.300. The summed E-state index contributed by atoms with van der Waals surface area (Å²) in [5, 5.41) is 18.4. The molecule has 0 spiro atoms. The Hall–Kier alpha value is -3.02. The standard InChI is InChI=1S/C20H23ClN6O4S/c1-26(2)10-3-11-32(30,31)27(15-6-4-14(21)5-7-15)13-18(28)24-25-19-16-12-22-9-8-17(16)23-20(19)29/h4-9,12,23,29H,3,10-11,13H2,1-2H3. The molecule has 0 bridgehead atoms. The Labute approximate surface area is 190 Å². The maximum atomic E-state index is 13.0. The van der Waals surface area contributed by atoms with E-state index in [1.807, 2.05) is 19.0 Å². The number of aromatic amines is 1. The highest BCUT2D eigenvalue weighted by Gasteiger charge is 2.25. The third kappa shape index (κ3) is 5.81. The number of benzene rings is 1. The third-order valence-corrected chi connectivity index (χ3v) is 6.62. The highest BCUT2D eigenvalue weighted by atomic mass is 35.5. The predicted octanol–water partition coefficient (Wildman–Crippen LogP) is 3.32. The third-order valence-electron chi connectivity index (χ3n) is 4.55. The average Bonchev–Trinajstić information content (AvgIpc) is 3.05. The molecule has 2 N–H and O–H groups in total. The summed E-state index contributed by atoms with van der Waals surface area (Å²) in [6.45, 7) is 0.0337. The van der Waals surface area contributed by atoms with Crippen LogP contribution in [-0.4, -0.2) is 67.2 Å². The Kier molecular flexibility index (Phi) is 7.44. The van der Waals surface area contributed by atoms with Crippen molar-refractivity contribution in [2.75, 3.05) is 37.2 Å².